The molecular formula is C19H23NO3. The highest BCUT2D eigenvalue weighted by Crippen LogP contribution is 2.35. The highest BCUT2D eigenvalue weighted by Gasteiger charge is 2.17. The van der Waals surface area contributed by atoms with E-state index in [9.17, 15) is 0 Å². The number of hydrogen-bond acceptors (Lipinski definition) is 4. The van der Waals surface area contributed by atoms with Crippen LogP contribution in [0.25, 0.3) is 0 Å². The van der Waals surface area contributed by atoms with Crippen molar-refractivity contribution in [3.63, 3.8) is 0 Å². The highest BCUT2D eigenvalue weighted by molar-refractivity contribution is 5.45. The van der Waals surface area contributed by atoms with E-state index in [1.165, 1.54) is 11.1 Å². The second-order valence-electron chi connectivity index (χ2n) is 5.85. The zero-order chi connectivity index (χ0) is 16.1. The number of fused-ring (bicyclic) bond motifs is 1. The lowest BCUT2D eigenvalue weighted by molar-refractivity contribution is 0.174. The van der Waals surface area contributed by atoms with E-state index in [1.807, 2.05) is 24.3 Å². The van der Waals surface area contributed by atoms with Gasteiger partial charge in [0, 0.05) is 0 Å². The summed E-state index contributed by atoms with van der Waals surface area (Å²) in [5, 5.41) is 0. The summed E-state index contributed by atoms with van der Waals surface area (Å²) in [6.45, 7) is 3.69. The second-order valence-corrected chi connectivity index (χ2v) is 5.85. The van der Waals surface area contributed by atoms with Gasteiger partial charge in [0.05, 0.1) is 6.61 Å². The molecule has 0 amide bonds. The van der Waals surface area contributed by atoms with E-state index in [2.05, 4.69) is 25.1 Å². The second kappa shape index (κ2) is 7.38. The smallest absolute Gasteiger partial charge is 0.231 e. The van der Waals surface area contributed by atoms with Crippen molar-refractivity contribution in [1.29, 1.82) is 0 Å². The van der Waals surface area contributed by atoms with E-state index in [0.29, 0.717) is 25.9 Å². The van der Waals surface area contributed by atoms with Crippen molar-refractivity contribution < 1.29 is 14.2 Å². The molecule has 0 radical (unpaired) electrons. The van der Waals surface area contributed by atoms with Crippen LogP contribution in [0, 0.1) is 6.92 Å². The van der Waals surface area contributed by atoms with Crippen LogP contribution < -0.4 is 19.9 Å². The maximum absolute atomic E-state index is 5.95. The summed E-state index contributed by atoms with van der Waals surface area (Å²) in [4.78, 5) is 0. The number of benzene rings is 2. The van der Waals surface area contributed by atoms with Crippen LogP contribution in [0.4, 0.5) is 0 Å². The number of nitrogens with two attached hydrogens (primary N) is 1. The van der Waals surface area contributed by atoms with E-state index in [4.69, 9.17) is 19.9 Å². The van der Waals surface area contributed by atoms with Gasteiger partial charge in [0.1, 0.15) is 5.75 Å². The van der Waals surface area contributed by atoms with Crippen LogP contribution in [0.3, 0.4) is 0 Å². The molecule has 0 saturated heterocycles. The number of aryl methyl sites for hydroxylation is 1. The third-order valence-corrected chi connectivity index (χ3v) is 4.14. The van der Waals surface area contributed by atoms with E-state index in [1.54, 1.807) is 0 Å². The lowest BCUT2D eigenvalue weighted by Crippen LogP contribution is -2.13. The van der Waals surface area contributed by atoms with Gasteiger partial charge in [0.15, 0.2) is 11.5 Å². The van der Waals surface area contributed by atoms with Crippen LogP contribution in [-0.2, 0) is 0 Å². The fourth-order valence-corrected chi connectivity index (χ4v) is 2.74. The molecule has 3 rings (SSSR count). The van der Waals surface area contributed by atoms with Gasteiger partial charge in [-0.25, -0.2) is 0 Å². The highest BCUT2D eigenvalue weighted by atomic mass is 16.7. The Morgan fingerprint density at radius 2 is 1.87 bits per heavy atom. The third kappa shape index (κ3) is 3.96. The van der Waals surface area contributed by atoms with Gasteiger partial charge in [-0.1, -0.05) is 23.8 Å². The molecule has 2 aromatic rings. The minimum absolute atomic E-state index is 0.302. The molecule has 0 aromatic heterocycles. The topological polar surface area (TPSA) is 53.7 Å². The van der Waals surface area contributed by atoms with Crippen LogP contribution in [-0.4, -0.2) is 19.9 Å². The summed E-state index contributed by atoms with van der Waals surface area (Å²) in [5.74, 6) is 2.86. The van der Waals surface area contributed by atoms with Gasteiger partial charge in [0.25, 0.3) is 0 Å². The normalized spacial score (nSPS) is 13.8. The van der Waals surface area contributed by atoms with Gasteiger partial charge in [0.2, 0.25) is 6.79 Å². The summed E-state index contributed by atoms with van der Waals surface area (Å²) < 4.78 is 16.6. The van der Waals surface area contributed by atoms with Gasteiger partial charge >= 0.3 is 0 Å². The molecule has 0 saturated carbocycles. The van der Waals surface area contributed by atoms with Crippen LogP contribution in [0.5, 0.6) is 17.2 Å². The number of rotatable bonds is 7. The maximum Gasteiger partial charge on any atom is 0.231 e. The zero-order valence-corrected chi connectivity index (χ0v) is 13.5. The monoisotopic (exact) mass is 313 g/mol. The predicted molar refractivity (Wildman–Crippen MR) is 90.3 cm³/mol. The SMILES string of the molecule is Cc1ccc(OCCCC(CN)c2ccc3c(c2)OCO3)cc1. The Morgan fingerprint density at radius 1 is 1.09 bits per heavy atom. The van der Waals surface area contributed by atoms with Crippen LogP contribution in [0.1, 0.15) is 29.9 Å². The van der Waals surface area contributed by atoms with Crippen molar-refractivity contribution in [3.05, 3.63) is 53.6 Å². The first kappa shape index (κ1) is 15.7. The minimum atomic E-state index is 0.302. The molecule has 1 heterocycles. The minimum Gasteiger partial charge on any atom is -0.494 e. The molecule has 4 heteroatoms. The van der Waals surface area contributed by atoms with Crippen molar-refractivity contribution in [2.45, 2.75) is 25.7 Å². The van der Waals surface area contributed by atoms with E-state index in [-0.39, 0.29) is 0 Å². The Labute approximate surface area is 137 Å². The fourth-order valence-electron chi connectivity index (χ4n) is 2.74. The molecule has 1 unspecified atom stereocenters. The molecule has 0 spiro atoms. The molecule has 4 nitrogen and oxygen atoms in total. The first-order chi connectivity index (χ1) is 11.3. The lowest BCUT2D eigenvalue weighted by Gasteiger charge is -2.16. The van der Waals surface area contributed by atoms with Gasteiger partial charge in [-0.15, -0.1) is 0 Å². The number of hydrogen-bond donors (Lipinski definition) is 1. The fraction of sp³-hybridized carbons (Fsp3) is 0.368. The van der Waals surface area contributed by atoms with Crippen molar-refractivity contribution in [2.75, 3.05) is 19.9 Å². The third-order valence-electron chi connectivity index (χ3n) is 4.14. The van der Waals surface area contributed by atoms with Crippen LogP contribution in [0.2, 0.25) is 0 Å². The Bertz CT molecular complexity index is 640. The molecule has 1 atom stereocenters. The summed E-state index contributed by atoms with van der Waals surface area (Å²) in [7, 11) is 0. The average Bonchev–Trinajstić information content (AvgIpc) is 3.04. The lowest BCUT2D eigenvalue weighted by atomic mass is 9.94. The van der Waals surface area contributed by atoms with Gasteiger partial charge < -0.3 is 19.9 Å². The van der Waals surface area contributed by atoms with Crippen LogP contribution in [0.15, 0.2) is 42.5 Å². The first-order valence-corrected chi connectivity index (χ1v) is 8.05. The Morgan fingerprint density at radius 3 is 2.65 bits per heavy atom. The zero-order valence-electron chi connectivity index (χ0n) is 13.5. The van der Waals surface area contributed by atoms with Crippen molar-refractivity contribution in [1.82, 2.24) is 0 Å². The van der Waals surface area contributed by atoms with E-state index < -0.39 is 0 Å². The predicted octanol–water partition coefficient (Wildman–Crippen LogP) is 3.63. The maximum atomic E-state index is 5.95. The molecule has 0 aliphatic carbocycles. The van der Waals surface area contributed by atoms with Crippen molar-refractivity contribution in [2.24, 2.45) is 5.73 Å². The van der Waals surface area contributed by atoms with Gasteiger partial charge in [-0.3, -0.25) is 0 Å². The molecule has 2 aromatic carbocycles. The molecule has 122 valence electrons. The molecular weight excluding hydrogens is 290 g/mol. The van der Waals surface area contributed by atoms with Gasteiger partial charge in [-0.2, -0.15) is 0 Å². The Hall–Kier alpha value is -2.20. The number of ether oxygens (including phenoxy) is 3. The first-order valence-electron chi connectivity index (χ1n) is 8.05. The Kier molecular flexibility index (Phi) is 5.03. The van der Waals surface area contributed by atoms with E-state index >= 15 is 0 Å². The van der Waals surface area contributed by atoms with Crippen LogP contribution >= 0.6 is 0 Å². The summed E-state index contributed by atoms with van der Waals surface area (Å²) in [5.41, 5.74) is 8.39. The quantitative estimate of drug-likeness (QED) is 0.793. The molecule has 1 aliphatic heterocycles. The molecule has 0 bridgehead atoms. The molecule has 1 aliphatic rings. The average molecular weight is 313 g/mol. The molecule has 2 N–H and O–H groups in total. The van der Waals surface area contributed by atoms with Gasteiger partial charge in [-0.05, 0) is 62.1 Å². The summed E-state index contributed by atoms with van der Waals surface area (Å²) >= 11 is 0. The summed E-state index contributed by atoms with van der Waals surface area (Å²) in [6.07, 6.45) is 1.95. The Balaban J connectivity index is 1.50. The summed E-state index contributed by atoms with van der Waals surface area (Å²) in [6, 6.07) is 14.2. The molecule has 0 fully saturated rings. The van der Waals surface area contributed by atoms with E-state index in [0.717, 1.165) is 30.1 Å². The largest absolute Gasteiger partial charge is 0.494 e. The standard InChI is InChI=1S/C19H23NO3/c1-14-4-7-17(8-5-14)21-10-2-3-16(12-20)15-6-9-18-19(11-15)23-13-22-18/h4-9,11,16H,2-3,10,12-13,20H2,1H3. The molecule has 23 heavy (non-hydrogen) atoms. The van der Waals surface area contributed by atoms with Crippen molar-refractivity contribution >= 4 is 0 Å². The van der Waals surface area contributed by atoms with Crippen molar-refractivity contribution in [3.8, 4) is 17.2 Å².